The standard InChI is InChI=1S/C49H29NO2/c50-30-31-23-41(32-11-3-1-4-12-32)49(42(24-31)33-13-5-2-6-14-33)38-26-36(34-19-21-47-43(28-34)39-15-7-9-17-45(39)51-47)25-37(27-38)35-20-22-48-44(29-35)40-16-8-10-18-46(40)52-48/h1-29H. The lowest BCUT2D eigenvalue weighted by Crippen LogP contribution is -1.94. The summed E-state index contributed by atoms with van der Waals surface area (Å²) in [5.41, 5.74) is 14.7. The highest BCUT2D eigenvalue weighted by Crippen LogP contribution is 2.45. The summed E-state index contributed by atoms with van der Waals surface area (Å²) in [6.45, 7) is 0. The zero-order chi connectivity index (χ0) is 34.6. The van der Waals surface area contributed by atoms with Crippen molar-refractivity contribution in [3.05, 3.63) is 181 Å². The number of rotatable bonds is 5. The van der Waals surface area contributed by atoms with Gasteiger partial charge >= 0.3 is 0 Å². The minimum atomic E-state index is 0.618. The van der Waals surface area contributed by atoms with E-state index in [1.54, 1.807) is 0 Å². The van der Waals surface area contributed by atoms with E-state index in [4.69, 9.17) is 8.83 Å². The lowest BCUT2D eigenvalue weighted by atomic mass is 9.84. The second kappa shape index (κ2) is 12.0. The van der Waals surface area contributed by atoms with Crippen molar-refractivity contribution in [1.82, 2.24) is 0 Å². The number of nitriles is 1. The van der Waals surface area contributed by atoms with Crippen LogP contribution in [0.15, 0.2) is 185 Å². The Bertz CT molecular complexity index is 2820. The molecule has 0 saturated heterocycles. The van der Waals surface area contributed by atoms with Gasteiger partial charge in [0, 0.05) is 21.5 Å². The van der Waals surface area contributed by atoms with Crippen LogP contribution in [-0.4, -0.2) is 0 Å². The first-order valence-corrected chi connectivity index (χ1v) is 17.4. The zero-order valence-electron chi connectivity index (χ0n) is 28.0. The monoisotopic (exact) mass is 663 g/mol. The zero-order valence-corrected chi connectivity index (χ0v) is 28.0. The van der Waals surface area contributed by atoms with Gasteiger partial charge in [0.05, 0.1) is 11.6 Å². The van der Waals surface area contributed by atoms with E-state index in [1.165, 1.54) is 0 Å². The molecule has 3 nitrogen and oxygen atoms in total. The summed E-state index contributed by atoms with van der Waals surface area (Å²) in [6, 6.07) is 63.4. The van der Waals surface area contributed by atoms with Crippen molar-refractivity contribution in [2.75, 3.05) is 0 Å². The van der Waals surface area contributed by atoms with Gasteiger partial charge < -0.3 is 8.83 Å². The van der Waals surface area contributed by atoms with E-state index in [9.17, 15) is 5.26 Å². The maximum absolute atomic E-state index is 10.3. The highest BCUT2D eigenvalue weighted by atomic mass is 16.3. The van der Waals surface area contributed by atoms with Crippen LogP contribution in [-0.2, 0) is 0 Å². The lowest BCUT2D eigenvalue weighted by molar-refractivity contribution is 0.668. The van der Waals surface area contributed by atoms with Crippen molar-refractivity contribution in [2.45, 2.75) is 0 Å². The van der Waals surface area contributed by atoms with Crippen molar-refractivity contribution in [2.24, 2.45) is 0 Å². The number of nitrogens with zero attached hydrogens (tertiary/aromatic N) is 1. The van der Waals surface area contributed by atoms with E-state index in [0.717, 1.165) is 99.5 Å². The molecular formula is C49H29NO2. The van der Waals surface area contributed by atoms with E-state index < -0.39 is 0 Å². The molecule has 0 radical (unpaired) electrons. The first-order valence-electron chi connectivity index (χ1n) is 17.4. The second-order valence-corrected chi connectivity index (χ2v) is 13.2. The summed E-state index contributed by atoms with van der Waals surface area (Å²) >= 11 is 0. The molecule has 0 saturated carbocycles. The average molecular weight is 664 g/mol. The molecule has 242 valence electrons. The van der Waals surface area contributed by atoms with E-state index in [1.807, 2.05) is 48.5 Å². The SMILES string of the molecule is N#Cc1cc(-c2ccccc2)c(-c2cc(-c3ccc4oc5ccccc5c4c3)cc(-c3ccc4oc5ccccc5c4c3)c2)c(-c2ccccc2)c1. The van der Waals surface area contributed by atoms with Crippen LogP contribution < -0.4 is 0 Å². The molecule has 0 unspecified atom stereocenters. The molecule has 0 spiro atoms. The van der Waals surface area contributed by atoms with Crippen LogP contribution in [0.1, 0.15) is 5.56 Å². The van der Waals surface area contributed by atoms with Gasteiger partial charge in [-0.1, -0.05) is 109 Å². The molecule has 0 aliphatic rings. The normalized spacial score (nSPS) is 11.4. The predicted molar refractivity (Wildman–Crippen MR) is 213 cm³/mol. The van der Waals surface area contributed by atoms with Gasteiger partial charge in [-0.3, -0.25) is 0 Å². The van der Waals surface area contributed by atoms with Gasteiger partial charge in [-0.2, -0.15) is 5.26 Å². The minimum absolute atomic E-state index is 0.618. The van der Waals surface area contributed by atoms with Gasteiger partial charge in [-0.25, -0.2) is 0 Å². The Morgan fingerprint density at radius 1 is 0.327 bits per heavy atom. The molecule has 10 aromatic rings. The fourth-order valence-corrected chi connectivity index (χ4v) is 7.62. The third-order valence-corrected chi connectivity index (χ3v) is 10.1. The Hall–Kier alpha value is -7.15. The molecule has 2 heterocycles. The molecule has 0 bridgehead atoms. The molecule has 0 aliphatic carbocycles. The predicted octanol–water partition coefficient (Wildman–Crippen LogP) is 13.7. The van der Waals surface area contributed by atoms with Crippen LogP contribution in [0.2, 0.25) is 0 Å². The van der Waals surface area contributed by atoms with Crippen LogP contribution in [0, 0.1) is 11.3 Å². The lowest BCUT2D eigenvalue weighted by Gasteiger charge is -2.19. The van der Waals surface area contributed by atoms with Crippen molar-refractivity contribution in [1.29, 1.82) is 5.26 Å². The highest BCUT2D eigenvalue weighted by Gasteiger charge is 2.19. The van der Waals surface area contributed by atoms with Gasteiger partial charge in [0.25, 0.3) is 0 Å². The smallest absolute Gasteiger partial charge is 0.135 e. The Morgan fingerprint density at radius 3 is 1.23 bits per heavy atom. The number of para-hydroxylation sites is 2. The molecule has 0 fully saturated rings. The molecule has 3 heteroatoms. The summed E-state index contributed by atoms with van der Waals surface area (Å²) < 4.78 is 12.4. The number of furan rings is 2. The van der Waals surface area contributed by atoms with Crippen molar-refractivity contribution < 1.29 is 8.83 Å². The number of hydrogen-bond acceptors (Lipinski definition) is 3. The average Bonchev–Trinajstić information content (AvgIpc) is 3.78. The molecule has 10 rings (SSSR count). The third-order valence-electron chi connectivity index (χ3n) is 10.1. The maximum atomic E-state index is 10.3. The van der Waals surface area contributed by atoms with Gasteiger partial charge in [0.15, 0.2) is 0 Å². The number of benzene rings is 8. The second-order valence-electron chi connectivity index (χ2n) is 13.2. The summed E-state index contributed by atoms with van der Waals surface area (Å²) in [4.78, 5) is 0. The van der Waals surface area contributed by atoms with Crippen LogP contribution in [0.25, 0.3) is 99.5 Å². The molecule has 8 aromatic carbocycles. The summed E-state index contributed by atoms with van der Waals surface area (Å²) in [7, 11) is 0. The summed E-state index contributed by atoms with van der Waals surface area (Å²) in [6.07, 6.45) is 0. The first-order chi connectivity index (χ1) is 25.7. The van der Waals surface area contributed by atoms with Gasteiger partial charge in [0.1, 0.15) is 22.3 Å². The van der Waals surface area contributed by atoms with Crippen molar-refractivity contribution >= 4 is 43.9 Å². The van der Waals surface area contributed by atoms with Crippen molar-refractivity contribution in [3.8, 4) is 61.7 Å². The Morgan fingerprint density at radius 2 is 0.750 bits per heavy atom. The highest BCUT2D eigenvalue weighted by molar-refractivity contribution is 6.08. The molecule has 2 aromatic heterocycles. The van der Waals surface area contributed by atoms with Crippen molar-refractivity contribution in [3.63, 3.8) is 0 Å². The fraction of sp³-hybridized carbons (Fsp3) is 0. The first kappa shape index (κ1) is 29.7. The molecule has 0 N–H and O–H groups in total. The molecular weight excluding hydrogens is 635 g/mol. The van der Waals surface area contributed by atoms with Crippen LogP contribution in [0.4, 0.5) is 0 Å². The number of hydrogen-bond donors (Lipinski definition) is 0. The van der Waals surface area contributed by atoms with Gasteiger partial charge in [-0.05, 0) is 122 Å². The maximum Gasteiger partial charge on any atom is 0.135 e. The van der Waals surface area contributed by atoms with E-state index in [2.05, 4.69) is 133 Å². The summed E-state index contributed by atoms with van der Waals surface area (Å²) in [5.74, 6) is 0. The molecule has 52 heavy (non-hydrogen) atoms. The minimum Gasteiger partial charge on any atom is -0.456 e. The summed E-state index contributed by atoms with van der Waals surface area (Å²) in [5, 5.41) is 14.6. The topological polar surface area (TPSA) is 50.1 Å². The van der Waals surface area contributed by atoms with Crippen LogP contribution in [0.3, 0.4) is 0 Å². The Kier molecular flexibility index (Phi) is 6.87. The molecule has 0 aliphatic heterocycles. The van der Waals surface area contributed by atoms with Gasteiger partial charge in [0.2, 0.25) is 0 Å². The van der Waals surface area contributed by atoms with E-state index >= 15 is 0 Å². The van der Waals surface area contributed by atoms with E-state index in [0.29, 0.717) is 5.56 Å². The Labute approximate surface area is 300 Å². The van der Waals surface area contributed by atoms with E-state index in [-0.39, 0.29) is 0 Å². The fourth-order valence-electron chi connectivity index (χ4n) is 7.62. The van der Waals surface area contributed by atoms with Crippen LogP contribution in [0.5, 0.6) is 0 Å². The quantitative estimate of drug-likeness (QED) is 0.184. The molecule has 0 atom stereocenters. The third kappa shape index (κ3) is 4.97. The van der Waals surface area contributed by atoms with Gasteiger partial charge in [-0.15, -0.1) is 0 Å². The largest absolute Gasteiger partial charge is 0.456 e. The number of fused-ring (bicyclic) bond motifs is 6. The Balaban J connectivity index is 1.28. The molecule has 0 amide bonds. The van der Waals surface area contributed by atoms with Crippen LogP contribution >= 0.6 is 0 Å².